The van der Waals surface area contributed by atoms with Gasteiger partial charge < -0.3 is 19.9 Å². The van der Waals surface area contributed by atoms with E-state index >= 15 is 0 Å². The van der Waals surface area contributed by atoms with Gasteiger partial charge in [0.05, 0.1) is 17.8 Å². The summed E-state index contributed by atoms with van der Waals surface area (Å²) >= 11 is 0. The number of halogens is 2. The second-order valence-electron chi connectivity index (χ2n) is 7.30. The molecule has 172 valence electrons. The number of alkyl halides is 2. The van der Waals surface area contributed by atoms with Gasteiger partial charge in [-0.1, -0.05) is 23.4 Å². The van der Waals surface area contributed by atoms with Crippen LogP contribution in [0.4, 0.5) is 8.78 Å². The first kappa shape index (κ1) is 21.2. The lowest BCUT2D eigenvalue weighted by Crippen LogP contribution is -2.30. The predicted octanol–water partition coefficient (Wildman–Crippen LogP) is 2.89. The molecule has 3 aromatic heterocycles. The number of aryl methyl sites for hydroxylation is 1. The fourth-order valence-corrected chi connectivity index (χ4v) is 3.31. The minimum absolute atomic E-state index is 0.208. The van der Waals surface area contributed by atoms with Crippen molar-refractivity contribution >= 4 is 22.3 Å². The first-order chi connectivity index (χ1) is 16.5. The maximum absolute atomic E-state index is 12.3. The molecule has 0 saturated carbocycles. The van der Waals surface area contributed by atoms with Gasteiger partial charge in [0.1, 0.15) is 12.0 Å². The Balaban J connectivity index is 1.43. The molecule has 1 aliphatic heterocycles. The third kappa shape index (κ3) is 4.08. The van der Waals surface area contributed by atoms with E-state index in [-0.39, 0.29) is 11.5 Å². The standard InChI is InChI=1S/C22H17F2N7O3/c1-12-8-17(30-34-12)20-28-27-19-15-4-2-3-5-16(15)22(29-31(19)20)33-11-14-7-6-13(9-25-14)21(32)26-10-18(23)24/h2-9,11,18,25H,10H2,1H3,(H,26,32). The molecule has 0 aliphatic carbocycles. The SMILES string of the molecule is Cc1cc(-c2nnc3c4ccccc4c(OC=C4C=CC(C(=O)NCC(F)F)=CN4)nn23)no1. The molecule has 10 nitrogen and oxygen atoms in total. The van der Waals surface area contributed by atoms with Gasteiger partial charge in [0.2, 0.25) is 11.7 Å². The van der Waals surface area contributed by atoms with Gasteiger partial charge in [0, 0.05) is 23.0 Å². The number of carbonyl (C=O) groups excluding carboxylic acids is 1. The fourth-order valence-electron chi connectivity index (χ4n) is 3.31. The van der Waals surface area contributed by atoms with E-state index in [9.17, 15) is 13.6 Å². The number of hydrogen-bond acceptors (Lipinski definition) is 8. The average Bonchev–Trinajstić information content (AvgIpc) is 3.47. The van der Waals surface area contributed by atoms with Crippen molar-refractivity contribution in [2.24, 2.45) is 0 Å². The number of rotatable bonds is 6. The minimum Gasteiger partial charge on any atom is -0.443 e. The van der Waals surface area contributed by atoms with Crippen molar-refractivity contribution in [3.05, 3.63) is 72.0 Å². The van der Waals surface area contributed by atoms with E-state index in [1.165, 1.54) is 23.1 Å². The van der Waals surface area contributed by atoms with Gasteiger partial charge >= 0.3 is 0 Å². The summed E-state index contributed by atoms with van der Waals surface area (Å²) in [5, 5.41) is 23.5. The number of carbonyl (C=O) groups is 1. The quantitative estimate of drug-likeness (QED) is 0.417. The van der Waals surface area contributed by atoms with Gasteiger partial charge in [0.15, 0.2) is 11.3 Å². The van der Waals surface area contributed by atoms with E-state index in [2.05, 4.69) is 31.1 Å². The molecule has 0 fully saturated rings. The van der Waals surface area contributed by atoms with Crippen molar-refractivity contribution in [2.75, 3.05) is 6.54 Å². The highest BCUT2D eigenvalue weighted by molar-refractivity contribution is 5.97. The molecule has 1 aliphatic rings. The van der Waals surface area contributed by atoms with Crippen LogP contribution in [0.5, 0.6) is 5.88 Å². The highest BCUT2D eigenvalue weighted by Gasteiger charge is 2.18. The summed E-state index contributed by atoms with van der Waals surface area (Å²) < 4.78 is 37.1. The maximum Gasteiger partial charge on any atom is 0.255 e. The van der Waals surface area contributed by atoms with Gasteiger partial charge in [-0.3, -0.25) is 4.79 Å². The van der Waals surface area contributed by atoms with Gasteiger partial charge in [-0.25, -0.2) is 8.78 Å². The average molecular weight is 465 g/mol. The Kier molecular flexibility index (Phi) is 5.46. The molecule has 0 bridgehead atoms. The first-order valence-electron chi connectivity index (χ1n) is 10.2. The van der Waals surface area contributed by atoms with Crippen molar-refractivity contribution in [1.82, 2.24) is 35.6 Å². The molecule has 4 heterocycles. The second-order valence-corrected chi connectivity index (χ2v) is 7.30. The smallest absolute Gasteiger partial charge is 0.255 e. The molecule has 1 aromatic carbocycles. The highest BCUT2D eigenvalue weighted by atomic mass is 19.3. The number of aromatic nitrogens is 5. The fraction of sp³-hybridized carbons (Fsp3) is 0.136. The van der Waals surface area contributed by atoms with Gasteiger partial charge in [0.25, 0.3) is 12.3 Å². The summed E-state index contributed by atoms with van der Waals surface area (Å²) in [6.07, 6.45) is 3.28. The third-order valence-electron chi connectivity index (χ3n) is 4.90. The van der Waals surface area contributed by atoms with Crippen LogP contribution >= 0.6 is 0 Å². The Hall–Kier alpha value is -4.61. The topological polar surface area (TPSA) is 119 Å². The third-order valence-corrected chi connectivity index (χ3v) is 4.90. The molecular weight excluding hydrogens is 448 g/mol. The zero-order valence-corrected chi connectivity index (χ0v) is 17.7. The summed E-state index contributed by atoms with van der Waals surface area (Å²) in [5.41, 5.74) is 1.74. The molecule has 2 N–H and O–H groups in total. The molecule has 4 aromatic rings. The van der Waals surface area contributed by atoms with Crippen molar-refractivity contribution in [3.63, 3.8) is 0 Å². The van der Waals surface area contributed by atoms with E-state index in [0.29, 0.717) is 34.0 Å². The van der Waals surface area contributed by atoms with Crippen LogP contribution in [0.3, 0.4) is 0 Å². The summed E-state index contributed by atoms with van der Waals surface area (Å²) in [6, 6.07) is 9.18. The number of nitrogens with zero attached hydrogens (tertiary/aromatic N) is 5. The number of fused-ring (bicyclic) bond motifs is 3. The van der Waals surface area contributed by atoms with Gasteiger partial charge in [-0.15, -0.1) is 15.3 Å². The number of hydrogen-bond donors (Lipinski definition) is 2. The summed E-state index contributed by atoms with van der Waals surface area (Å²) in [6.45, 7) is 1.06. The molecule has 34 heavy (non-hydrogen) atoms. The number of benzene rings is 1. The molecule has 0 unspecified atom stereocenters. The van der Waals surface area contributed by atoms with Gasteiger partial charge in [-0.05, 0) is 25.1 Å². The second kappa shape index (κ2) is 8.73. The Morgan fingerprint density at radius 2 is 2.09 bits per heavy atom. The zero-order valence-electron chi connectivity index (χ0n) is 17.7. The Morgan fingerprint density at radius 1 is 1.26 bits per heavy atom. The number of amides is 1. The molecule has 0 radical (unpaired) electrons. The summed E-state index contributed by atoms with van der Waals surface area (Å²) in [7, 11) is 0. The van der Waals surface area contributed by atoms with Crippen LogP contribution < -0.4 is 15.4 Å². The largest absolute Gasteiger partial charge is 0.443 e. The lowest BCUT2D eigenvalue weighted by Gasteiger charge is -2.12. The van der Waals surface area contributed by atoms with E-state index in [1.807, 2.05) is 24.3 Å². The number of nitrogens with one attached hydrogen (secondary N) is 2. The highest BCUT2D eigenvalue weighted by Crippen LogP contribution is 2.29. The number of ether oxygens (including phenoxy) is 1. The molecule has 1 amide bonds. The minimum atomic E-state index is -2.62. The van der Waals surface area contributed by atoms with Crippen LogP contribution in [0, 0.1) is 6.92 Å². The van der Waals surface area contributed by atoms with Crippen molar-refractivity contribution in [1.29, 1.82) is 0 Å². The van der Waals surface area contributed by atoms with E-state index < -0.39 is 18.9 Å². The maximum atomic E-state index is 12.3. The van der Waals surface area contributed by atoms with Gasteiger partial charge in [-0.2, -0.15) is 4.52 Å². The number of allylic oxidation sites excluding steroid dienone is 1. The molecule has 0 spiro atoms. The molecule has 0 saturated heterocycles. The first-order valence-corrected chi connectivity index (χ1v) is 10.2. The van der Waals surface area contributed by atoms with Crippen LogP contribution in [0.1, 0.15) is 5.76 Å². The Labute approximate surface area is 190 Å². The number of dihydropyridines is 1. The van der Waals surface area contributed by atoms with Crippen LogP contribution in [-0.4, -0.2) is 43.8 Å². The van der Waals surface area contributed by atoms with E-state index in [4.69, 9.17) is 9.26 Å². The lowest BCUT2D eigenvalue weighted by molar-refractivity contribution is -0.117. The van der Waals surface area contributed by atoms with E-state index in [1.54, 1.807) is 19.1 Å². The molecular formula is C22H17F2N7O3. The van der Waals surface area contributed by atoms with Crippen LogP contribution in [0.25, 0.3) is 27.9 Å². The predicted molar refractivity (Wildman–Crippen MR) is 117 cm³/mol. The Morgan fingerprint density at radius 3 is 2.79 bits per heavy atom. The lowest BCUT2D eigenvalue weighted by atomic mass is 10.2. The molecule has 12 heteroatoms. The van der Waals surface area contributed by atoms with Crippen LogP contribution in [0.15, 0.2) is 70.7 Å². The zero-order chi connectivity index (χ0) is 23.7. The Bertz CT molecular complexity index is 1490. The van der Waals surface area contributed by atoms with Crippen molar-refractivity contribution < 1.29 is 22.8 Å². The molecule has 5 rings (SSSR count). The van der Waals surface area contributed by atoms with Crippen molar-refractivity contribution in [3.8, 4) is 17.4 Å². The monoisotopic (exact) mass is 465 g/mol. The summed E-state index contributed by atoms with van der Waals surface area (Å²) in [5.74, 6) is 0.703. The van der Waals surface area contributed by atoms with Crippen LogP contribution in [-0.2, 0) is 4.79 Å². The normalized spacial score (nSPS) is 14.6. The van der Waals surface area contributed by atoms with Crippen molar-refractivity contribution in [2.45, 2.75) is 13.3 Å². The molecule has 0 atom stereocenters. The summed E-state index contributed by atoms with van der Waals surface area (Å²) in [4.78, 5) is 11.9. The van der Waals surface area contributed by atoms with Crippen LogP contribution in [0.2, 0.25) is 0 Å². The van der Waals surface area contributed by atoms with E-state index in [0.717, 1.165) is 5.39 Å².